The average Bonchev–Trinajstić information content (AvgIpc) is 2.97. The second kappa shape index (κ2) is 8.16. The van der Waals surface area contributed by atoms with E-state index < -0.39 is 0 Å². The summed E-state index contributed by atoms with van der Waals surface area (Å²) in [5.41, 5.74) is 5.98. The molecule has 1 fully saturated rings. The molecular weight excluding hydrogens is 308 g/mol. The Morgan fingerprint density at radius 3 is 2.00 bits per heavy atom. The van der Waals surface area contributed by atoms with Crippen molar-refractivity contribution in [2.45, 2.75) is 39.5 Å². The van der Waals surface area contributed by atoms with Gasteiger partial charge in [0.2, 0.25) is 0 Å². The highest BCUT2D eigenvalue weighted by Crippen LogP contribution is 2.46. The highest BCUT2D eigenvalue weighted by Gasteiger charge is 2.37. The van der Waals surface area contributed by atoms with Gasteiger partial charge in [0, 0.05) is 17.9 Å². The Morgan fingerprint density at radius 1 is 0.960 bits per heavy atom. The van der Waals surface area contributed by atoms with Crippen LogP contribution in [0, 0.1) is 5.41 Å². The molecule has 1 aliphatic carbocycles. The van der Waals surface area contributed by atoms with E-state index in [1.807, 2.05) is 13.8 Å². The first kappa shape index (κ1) is 18.2. The Bertz CT molecular complexity index is 637. The standard InChI is InChI=1S/C21H24O2.C2H6/c1-2-21(14-23-15-21)13-22-12-11-20-18-9-5-3-7-16(18)17-8-4-6-10-19(17)20;1-2/h3-10,20H,2,11-15H2,1H3;1-2H3. The van der Waals surface area contributed by atoms with Crippen LogP contribution in [0.5, 0.6) is 0 Å². The Hall–Kier alpha value is -1.64. The van der Waals surface area contributed by atoms with Crippen molar-refractivity contribution in [2.75, 3.05) is 26.4 Å². The summed E-state index contributed by atoms with van der Waals surface area (Å²) < 4.78 is 11.4. The number of hydrogen-bond acceptors (Lipinski definition) is 2. The minimum atomic E-state index is 0.283. The normalized spacial score (nSPS) is 17.1. The van der Waals surface area contributed by atoms with E-state index in [1.165, 1.54) is 22.3 Å². The molecule has 0 aromatic heterocycles. The van der Waals surface area contributed by atoms with Crippen LogP contribution in [-0.4, -0.2) is 26.4 Å². The summed E-state index contributed by atoms with van der Waals surface area (Å²) in [6.07, 6.45) is 2.19. The topological polar surface area (TPSA) is 18.5 Å². The quantitative estimate of drug-likeness (QED) is 0.633. The van der Waals surface area contributed by atoms with Gasteiger partial charge >= 0.3 is 0 Å². The average molecular weight is 338 g/mol. The summed E-state index contributed by atoms with van der Waals surface area (Å²) in [6.45, 7) is 9.60. The van der Waals surface area contributed by atoms with Crippen LogP contribution in [-0.2, 0) is 9.47 Å². The molecule has 0 saturated carbocycles. The largest absolute Gasteiger partial charge is 0.381 e. The molecule has 2 heteroatoms. The zero-order valence-electron chi connectivity index (χ0n) is 15.8. The zero-order chi connectivity index (χ0) is 17.7. The van der Waals surface area contributed by atoms with Gasteiger partial charge in [0.25, 0.3) is 0 Å². The van der Waals surface area contributed by atoms with Gasteiger partial charge in [0.05, 0.1) is 19.8 Å². The Kier molecular flexibility index (Phi) is 5.93. The van der Waals surface area contributed by atoms with Crippen molar-refractivity contribution >= 4 is 0 Å². The molecular formula is C23H30O2. The summed E-state index contributed by atoms with van der Waals surface area (Å²) in [4.78, 5) is 0. The molecule has 1 saturated heterocycles. The molecule has 0 spiro atoms. The van der Waals surface area contributed by atoms with Crippen LogP contribution in [0.3, 0.4) is 0 Å². The van der Waals surface area contributed by atoms with Gasteiger partial charge in [-0.25, -0.2) is 0 Å². The lowest BCUT2D eigenvalue weighted by Crippen LogP contribution is -2.45. The predicted octanol–water partition coefficient (Wildman–Crippen LogP) is 5.66. The Labute approximate surface area is 152 Å². The molecule has 134 valence electrons. The molecule has 4 rings (SSSR count). The fraction of sp³-hybridized carbons (Fsp3) is 0.478. The molecule has 1 heterocycles. The van der Waals surface area contributed by atoms with Crippen molar-refractivity contribution in [2.24, 2.45) is 5.41 Å². The molecule has 0 amide bonds. The van der Waals surface area contributed by atoms with Crippen LogP contribution in [0.2, 0.25) is 0 Å². The first-order valence-electron chi connectivity index (χ1n) is 9.67. The molecule has 0 radical (unpaired) electrons. The van der Waals surface area contributed by atoms with Crippen LogP contribution in [0.25, 0.3) is 11.1 Å². The first-order valence-corrected chi connectivity index (χ1v) is 9.67. The second-order valence-electron chi connectivity index (χ2n) is 6.91. The van der Waals surface area contributed by atoms with E-state index in [9.17, 15) is 0 Å². The molecule has 0 unspecified atom stereocenters. The third-order valence-electron chi connectivity index (χ3n) is 5.49. The first-order chi connectivity index (χ1) is 12.3. The van der Waals surface area contributed by atoms with Gasteiger partial charge in [-0.2, -0.15) is 0 Å². The molecule has 25 heavy (non-hydrogen) atoms. The lowest BCUT2D eigenvalue weighted by molar-refractivity contribution is -0.150. The summed E-state index contributed by atoms with van der Waals surface area (Å²) in [6, 6.07) is 17.6. The van der Waals surface area contributed by atoms with E-state index in [4.69, 9.17) is 9.47 Å². The third kappa shape index (κ3) is 3.51. The van der Waals surface area contributed by atoms with Crippen LogP contribution in [0.4, 0.5) is 0 Å². The summed E-state index contributed by atoms with van der Waals surface area (Å²) in [5.74, 6) is 0.470. The van der Waals surface area contributed by atoms with Crippen LogP contribution >= 0.6 is 0 Å². The highest BCUT2D eigenvalue weighted by molar-refractivity contribution is 5.78. The molecule has 2 nitrogen and oxygen atoms in total. The lowest BCUT2D eigenvalue weighted by Gasteiger charge is -2.40. The van der Waals surface area contributed by atoms with Gasteiger partial charge in [0.15, 0.2) is 0 Å². The molecule has 2 aromatic carbocycles. The van der Waals surface area contributed by atoms with Crippen molar-refractivity contribution in [3.05, 3.63) is 59.7 Å². The van der Waals surface area contributed by atoms with Gasteiger partial charge in [-0.1, -0.05) is 69.3 Å². The smallest absolute Gasteiger partial charge is 0.0566 e. The SMILES string of the molecule is CC.CCC1(COCCC2c3ccccc3-c3ccccc32)COC1. The predicted molar refractivity (Wildman–Crippen MR) is 104 cm³/mol. The maximum Gasteiger partial charge on any atom is 0.0566 e. The highest BCUT2D eigenvalue weighted by atomic mass is 16.5. The molecule has 2 aromatic rings. The van der Waals surface area contributed by atoms with Crippen molar-refractivity contribution in [1.29, 1.82) is 0 Å². The fourth-order valence-corrected chi connectivity index (χ4v) is 3.84. The van der Waals surface area contributed by atoms with E-state index in [-0.39, 0.29) is 5.41 Å². The minimum absolute atomic E-state index is 0.283. The Balaban J connectivity index is 0.000000880. The number of rotatable bonds is 6. The molecule has 2 aliphatic rings. The molecule has 1 aliphatic heterocycles. The molecule has 0 bridgehead atoms. The zero-order valence-corrected chi connectivity index (χ0v) is 15.8. The number of hydrogen-bond donors (Lipinski definition) is 0. The van der Waals surface area contributed by atoms with Gasteiger partial charge in [-0.3, -0.25) is 0 Å². The summed E-state index contributed by atoms with van der Waals surface area (Å²) in [5, 5.41) is 0. The minimum Gasteiger partial charge on any atom is -0.381 e. The van der Waals surface area contributed by atoms with Crippen molar-refractivity contribution in [3.8, 4) is 11.1 Å². The number of benzene rings is 2. The van der Waals surface area contributed by atoms with E-state index in [2.05, 4.69) is 55.5 Å². The second-order valence-corrected chi connectivity index (χ2v) is 6.91. The summed E-state index contributed by atoms with van der Waals surface area (Å²) in [7, 11) is 0. The van der Waals surface area contributed by atoms with Gasteiger partial charge in [0.1, 0.15) is 0 Å². The van der Waals surface area contributed by atoms with Crippen LogP contribution in [0.15, 0.2) is 48.5 Å². The fourth-order valence-electron chi connectivity index (χ4n) is 3.84. The van der Waals surface area contributed by atoms with Crippen LogP contribution in [0.1, 0.15) is 50.7 Å². The van der Waals surface area contributed by atoms with E-state index in [0.717, 1.165) is 39.3 Å². The molecule has 0 atom stereocenters. The van der Waals surface area contributed by atoms with Gasteiger partial charge in [-0.05, 0) is 35.1 Å². The maximum atomic E-state index is 6.04. The monoisotopic (exact) mass is 338 g/mol. The van der Waals surface area contributed by atoms with Gasteiger partial charge in [-0.15, -0.1) is 0 Å². The van der Waals surface area contributed by atoms with E-state index in [1.54, 1.807) is 0 Å². The van der Waals surface area contributed by atoms with E-state index in [0.29, 0.717) is 5.92 Å². The number of ether oxygens (including phenoxy) is 2. The summed E-state index contributed by atoms with van der Waals surface area (Å²) >= 11 is 0. The van der Waals surface area contributed by atoms with Crippen molar-refractivity contribution in [1.82, 2.24) is 0 Å². The van der Waals surface area contributed by atoms with Crippen molar-refractivity contribution in [3.63, 3.8) is 0 Å². The van der Waals surface area contributed by atoms with Crippen LogP contribution < -0.4 is 0 Å². The number of fused-ring (bicyclic) bond motifs is 3. The molecule has 0 N–H and O–H groups in total. The van der Waals surface area contributed by atoms with Crippen molar-refractivity contribution < 1.29 is 9.47 Å². The van der Waals surface area contributed by atoms with E-state index >= 15 is 0 Å². The third-order valence-corrected chi connectivity index (χ3v) is 5.49. The van der Waals surface area contributed by atoms with Gasteiger partial charge < -0.3 is 9.47 Å². The Morgan fingerprint density at radius 2 is 1.52 bits per heavy atom. The lowest BCUT2D eigenvalue weighted by atomic mass is 9.84. The maximum absolute atomic E-state index is 6.04.